The highest BCUT2D eigenvalue weighted by atomic mass is 32.2. The van der Waals surface area contributed by atoms with Crippen LogP contribution in [0.5, 0.6) is 11.5 Å². The van der Waals surface area contributed by atoms with Gasteiger partial charge in [-0.3, -0.25) is 0 Å². The maximum atomic E-state index is 6.15. The largest absolute Gasteiger partial charge is 0.486 e. The second kappa shape index (κ2) is 6.87. The van der Waals surface area contributed by atoms with E-state index in [0.717, 1.165) is 35.2 Å². The Bertz CT molecular complexity index is 386. The summed E-state index contributed by atoms with van der Waals surface area (Å²) in [6, 6.07) is 5.94. The van der Waals surface area contributed by atoms with E-state index in [9.17, 15) is 0 Å². The SMILES string of the molecule is COCCSCC(N)c1ccc2c(c1)OCCO2. The van der Waals surface area contributed by atoms with Gasteiger partial charge in [0, 0.05) is 24.7 Å². The van der Waals surface area contributed by atoms with Gasteiger partial charge in [0.25, 0.3) is 0 Å². The molecular formula is C13H19NO3S. The van der Waals surface area contributed by atoms with Crippen LogP contribution in [0.4, 0.5) is 0 Å². The molecule has 0 bridgehead atoms. The van der Waals surface area contributed by atoms with E-state index >= 15 is 0 Å². The number of fused-ring (bicyclic) bond motifs is 1. The standard InChI is InChI=1S/C13H19NO3S/c1-15-6-7-18-9-11(14)10-2-3-12-13(8-10)17-5-4-16-12/h2-3,8,11H,4-7,9,14H2,1H3. The molecule has 1 aromatic carbocycles. The smallest absolute Gasteiger partial charge is 0.161 e. The first-order valence-corrected chi connectivity index (χ1v) is 7.18. The van der Waals surface area contributed by atoms with Crippen molar-refractivity contribution in [1.82, 2.24) is 0 Å². The molecule has 1 atom stereocenters. The minimum Gasteiger partial charge on any atom is -0.486 e. The van der Waals surface area contributed by atoms with Gasteiger partial charge in [-0.1, -0.05) is 6.07 Å². The first-order chi connectivity index (χ1) is 8.81. The first kappa shape index (κ1) is 13.5. The molecule has 100 valence electrons. The normalized spacial score (nSPS) is 15.4. The third-order valence-electron chi connectivity index (χ3n) is 2.72. The Morgan fingerprint density at radius 1 is 1.33 bits per heavy atom. The molecule has 1 aliphatic rings. The molecule has 4 nitrogen and oxygen atoms in total. The maximum absolute atomic E-state index is 6.15. The molecule has 1 unspecified atom stereocenters. The Kier molecular flexibility index (Phi) is 5.16. The van der Waals surface area contributed by atoms with Crippen LogP contribution in [0.3, 0.4) is 0 Å². The molecule has 0 radical (unpaired) electrons. The van der Waals surface area contributed by atoms with E-state index in [-0.39, 0.29) is 6.04 Å². The van der Waals surface area contributed by atoms with Crippen LogP contribution in [0.1, 0.15) is 11.6 Å². The lowest BCUT2D eigenvalue weighted by Gasteiger charge is -2.20. The first-order valence-electron chi connectivity index (χ1n) is 6.03. The molecule has 5 heteroatoms. The summed E-state index contributed by atoms with van der Waals surface area (Å²) >= 11 is 1.80. The van der Waals surface area contributed by atoms with Gasteiger partial charge in [-0.2, -0.15) is 11.8 Å². The molecule has 2 rings (SSSR count). The highest BCUT2D eigenvalue weighted by Gasteiger charge is 2.14. The summed E-state index contributed by atoms with van der Waals surface area (Å²) in [5.41, 5.74) is 7.24. The van der Waals surface area contributed by atoms with Gasteiger partial charge in [0.2, 0.25) is 0 Å². The van der Waals surface area contributed by atoms with Crippen LogP contribution in [0.15, 0.2) is 18.2 Å². The highest BCUT2D eigenvalue weighted by Crippen LogP contribution is 2.32. The van der Waals surface area contributed by atoms with E-state index < -0.39 is 0 Å². The van der Waals surface area contributed by atoms with Crippen LogP contribution >= 0.6 is 11.8 Å². The Morgan fingerprint density at radius 3 is 2.89 bits per heavy atom. The summed E-state index contributed by atoms with van der Waals surface area (Å²) < 4.78 is 16.0. The average molecular weight is 269 g/mol. The third kappa shape index (κ3) is 3.54. The van der Waals surface area contributed by atoms with E-state index in [1.165, 1.54) is 0 Å². The number of methoxy groups -OCH3 is 1. The van der Waals surface area contributed by atoms with Crippen LogP contribution in [0.2, 0.25) is 0 Å². The fourth-order valence-corrected chi connectivity index (χ4v) is 2.64. The van der Waals surface area contributed by atoms with Gasteiger partial charge in [0.05, 0.1) is 6.61 Å². The van der Waals surface area contributed by atoms with Gasteiger partial charge in [0.1, 0.15) is 13.2 Å². The molecule has 2 N–H and O–H groups in total. The van der Waals surface area contributed by atoms with Gasteiger partial charge < -0.3 is 19.9 Å². The van der Waals surface area contributed by atoms with Crippen LogP contribution in [-0.2, 0) is 4.74 Å². The lowest BCUT2D eigenvalue weighted by Crippen LogP contribution is -2.17. The predicted molar refractivity (Wildman–Crippen MR) is 73.6 cm³/mol. The molecule has 1 heterocycles. The monoisotopic (exact) mass is 269 g/mol. The molecule has 0 spiro atoms. The predicted octanol–water partition coefficient (Wildman–Crippen LogP) is 1.84. The van der Waals surface area contributed by atoms with E-state index in [4.69, 9.17) is 19.9 Å². The zero-order chi connectivity index (χ0) is 12.8. The number of rotatable bonds is 6. The van der Waals surface area contributed by atoms with Crippen molar-refractivity contribution in [2.24, 2.45) is 5.73 Å². The Morgan fingerprint density at radius 2 is 2.11 bits per heavy atom. The molecule has 0 aromatic heterocycles. The minimum absolute atomic E-state index is 0.0164. The molecule has 0 saturated heterocycles. The lowest BCUT2D eigenvalue weighted by molar-refractivity contribution is 0.171. The fraction of sp³-hybridized carbons (Fsp3) is 0.538. The highest BCUT2D eigenvalue weighted by molar-refractivity contribution is 7.99. The second-order valence-corrected chi connectivity index (χ2v) is 5.23. The van der Waals surface area contributed by atoms with E-state index in [2.05, 4.69) is 0 Å². The number of thioether (sulfide) groups is 1. The maximum Gasteiger partial charge on any atom is 0.161 e. The molecule has 0 fully saturated rings. The summed E-state index contributed by atoms with van der Waals surface area (Å²) in [5.74, 6) is 3.46. The van der Waals surface area contributed by atoms with E-state index in [0.29, 0.717) is 13.2 Å². The minimum atomic E-state index is 0.0164. The van der Waals surface area contributed by atoms with Crippen LogP contribution < -0.4 is 15.2 Å². The molecule has 0 aliphatic carbocycles. The molecule has 0 saturated carbocycles. The Balaban J connectivity index is 1.91. The average Bonchev–Trinajstić information content (AvgIpc) is 2.43. The zero-order valence-corrected chi connectivity index (χ0v) is 11.4. The Labute approximate surface area is 112 Å². The van der Waals surface area contributed by atoms with Crippen molar-refractivity contribution < 1.29 is 14.2 Å². The van der Waals surface area contributed by atoms with Crippen molar-refractivity contribution in [2.45, 2.75) is 6.04 Å². The van der Waals surface area contributed by atoms with E-state index in [1.54, 1.807) is 18.9 Å². The van der Waals surface area contributed by atoms with Crippen molar-refractivity contribution in [3.05, 3.63) is 23.8 Å². The summed E-state index contributed by atoms with van der Waals surface area (Å²) in [4.78, 5) is 0. The summed E-state index contributed by atoms with van der Waals surface area (Å²) in [5, 5.41) is 0. The molecule has 1 aromatic rings. The van der Waals surface area contributed by atoms with Crippen molar-refractivity contribution in [1.29, 1.82) is 0 Å². The summed E-state index contributed by atoms with van der Waals surface area (Å²) in [7, 11) is 1.71. The van der Waals surface area contributed by atoms with Crippen molar-refractivity contribution >= 4 is 11.8 Å². The Hall–Kier alpha value is -0.910. The molecule has 1 aliphatic heterocycles. The van der Waals surface area contributed by atoms with Crippen molar-refractivity contribution in [3.8, 4) is 11.5 Å². The second-order valence-electron chi connectivity index (χ2n) is 4.08. The van der Waals surface area contributed by atoms with E-state index in [1.807, 2.05) is 18.2 Å². The molecule has 0 amide bonds. The fourth-order valence-electron chi connectivity index (χ4n) is 1.74. The van der Waals surface area contributed by atoms with Crippen molar-refractivity contribution in [3.63, 3.8) is 0 Å². The number of nitrogens with two attached hydrogens (primary N) is 1. The van der Waals surface area contributed by atoms with Gasteiger partial charge in [-0.05, 0) is 17.7 Å². The third-order valence-corrected chi connectivity index (χ3v) is 3.77. The van der Waals surface area contributed by atoms with Gasteiger partial charge >= 0.3 is 0 Å². The topological polar surface area (TPSA) is 53.7 Å². The van der Waals surface area contributed by atoms with Gasteiger partial charge in [-0.25, -0.2) is 0 Å². The van der Waals surface area contributed by atoms with Crippen LogP contribution in [-0.4, -0.2) is 38.4 Å². The number of benzene rings is 1. The number of hydrogen-bond donors (Lipinski definition) is 1. The number of hydrogen-bond acceptors (Lipinski definition) is 5. The van der Waals surface area contributed by atoms with Gasteiger partial charge in [-0.15, -0.1) is 0 Å². The zero-order valence-electron chi connectivity index (χ0n) is 10.6. The van der Waals surface area contributed by atoms with Crippen molar-refractivity contribution in [2.75, 3.05) is 38.4 Å². The summed E-state index contributed by atoms with van der Waals surface area (Å²) in [6.07, 6.45) is 0. The van der Waals surface area contributed by atoms with Gasteiger partial charge in [0.15, 0.2) is 11.5 Å². The molecule has 18 heavy (non-hydrogen) atoms. The quantitative estimate of drug-likeness (QED) is 0.799. The lowest BCUT2D eigenvalue weighted by atomic mass is 10.1. The van der Waals surface area contributed by atoms with Crippen LogP contribution in [0, 0.1) is 0 Å². The van der Waals surface area contributed by atoms with Crippen LogP contribution in [0.25, 0.3) is 0 Å². The summed E-state index contributed by atoms with van der Waals surface area (Å²) in [6.45, 7) is 1.98. The number of ether oxygens (including phenoxy) is 3. The molecular weight excluding hydrogens is 250 g/mol.